The summed E-state index contributed by atoms with van der Waals surface area (Å²) in [5.41, 5.74) is 0.835. The summed E-state index contributed by atoms with van der Waals surface area (Å²) in [4.78, 5) is 21.8. The number of ether oxygens (including phenoxy) is 1. The molecule has 0 spiro atoms. The summed E-state index contributed by atoms with van der Waals surface area (Å²) in [5, 5.41) is 0. The molecule has 3 nitrogen and oxygen atoms in total. The standard InChI is InChI=1S/C11H9BrO3/c1-15-11(14)10(13)6-5-8-3-2-4-9(12)7-8/h2-7H,1H3. The van der Waals surface area contributed by atoms with Gasteiger partial charge in [0, 0.05) is 4.47 Å². The lowest BCUT2D eigenvalue weighted by molar-refractivity contribution is -0.149. The van der Waals surface area contributed by atoms with Crippen LogP contribution in [0.1, 0.15) is 5.56 Å². The number of benzene rings is 1. The summed E-state index contributed by atoms with van der Waals surface area (Å²) in [7, 11) is 1.17. The van der Waals surface area contributed by atoms with Gasteiger partial charge in [0.25, 0.3) is 5.78 Å². The van der Waals surface area contributed by atoms with Gasteiger partial charge in [-0.05, 0) is 23.8 Å². The van der Waals surface area contributed by atoms with E-state index in [4.69, 9.17) is 0 Å². The molecule has 78 valence electrons. The zero-order chi connectivity index (χ0) is 11.3. The number of carbonyl (C=O) groups is 2. The molecule has 1 aromatic carbocycles. The fourth-order valence-corrected chi connectivity index (χ4v) is 1.37. The van der Waals surface area contributed by atoms with Crippen LogP contribution in [0.3, 0.4) is 0 Å². The van der Waals surface area contributed by atoms with Crippen LogP contribution in [0.5, 0.6) is 0 Å². The van der Waals surface area contributed by atoms with Gasteiger partial charge in [0.15, 0.2) is 0 Å². The molecule has 0 saturated carbocycles. The van der Waals surface area contributed by atoms with Crippen molar-refractivity contribution in [3.63, 3.8) is 0 Å². The summed E-state index contributed by atoms with van der Waals surface area (Å²) in [6.07, 6.45) is 2.75. The summed E-state index contributed by atoms with van der Waals surface area (Å²) < 4.78 is 5.19. The number of rotatable bonds is 3. The molecule has 1 aromatic rings. The molecule has 0 unspecified atom stereocenters. The molecule has 0 amide bonds. The number of hydrogen-bond acceptors (Lipinski definition) is 3. The molecule has 0 bridgehead atoms. The maximum Gasteiger partial charge on any atom is 0.378 e. The summed E-state index contributed by atoms with van der Waals surface area (Å²) in [5.74, 6) is -1.53. The highest BCUT2D eigenvalue weighted by atomic mass is 79.9. The second-order valence-corrected chi connectivity index (χ2v) is 3.66. The van der Waals surface area contributed by atoms with Crippen LogP contribution < -0.4 is 0 Å². The van der Waals surface area contributed by atoms with Crippen LogP contribution in [-0.2, 0) is 14.3 Å². The number of ketones is 1. The Balaban J connectivity index is 2.74. The minimum Gasteiger partial charge on any atom is -0.463 e. The van der Waals surface area contributed by atoms with Crippen molar-refractivity contribution in [1.82, 2.24) is 0 Å². The zero-order valence-electron chi connectivity index (χ0n) is 8.07. The van der Waals surface area contributed by atoms with Gasteiger partial charge in [-0.1, -0.05) is 34.1 Å². The largest absolute Gasteiger partial charge is 0.463 e. The number of hydrogen-bond donors (Lipinski definition) is 0. The lowest BCUT2D eigenvalue weighted by atomic mass is 10.2. The van der Waals surface area contributed by atoms with Crippen molar-refractivity contribution in [2.45, 2.75) is 0 Å². The first-order valence-electron chi connectivity index (χ1n) is 4.19. The monoisotopic (exact) mass is 268 g/mol. The Morgan fingerprint density at radius 2 is 2.13 bits per heavy atom. The average molecular weight is 269 g/mol. The van der Waals surface area contributed by atoms with Gasteiger partial charge in [-0.3, -0.25) is 4.79 Å². The van der Waals surface area contributed by atoms with Crippen LogP contribution in [0.4, 0.5) is 0 Å². The summed E-state index contributed by atoms with van der Waals surface area (Å²) >= 11 is 3.30. The molecule has 1 rings (SSSR count). The molecule has 4 heteroatoms. The van der Waals surface area contributed by atoms with Gasteiger partial charge in [-0.25, -0.2) is 4.79 Å². The fourth-order valence-electron chi connectivity index (χ4n) is 0.951. The average Bonchev–Trinajstić information content (AvgIpc) is 2.25. The Morgan fingerprint density at radius 3 is 2.73 bits per heavy atom. The van der Waals surface area contributed by atoms with Crippen LogP contribution in [0.2, 0.25) is 0 Å². The second-order valence-electron chi connectivity index (χ2n) is 2.74. The lowest BCUT2D eigenvalue weighted by Gasteiger charge is -1.94. The first-order valence-corrected chi connectivity index (χ1v) is 4.98. The van der Waals surface area contributed by atoms with Crippen molar-refractivity contribution in [1.29, 1.82) is 0 Å². The topological polar surface area (TPSA) is 43.4 Å². The molecule has 0 fully saturated rings. The molecule has 0 aliphatic heterocycles. The Bertz CT molecular complexity index is 410. The molecule has 0 aliphatic rings. The fraction of sp³-hybridized carbons (Fsp3) is 0.0909. The number of esters is 1. The normalized spacial score (nSPS) is 10.3. The van der Waals surface area contributed by atoms with Crippen LogP contribution in [0, 0.1) is 0 Å². The molecule has 0 heterocycles. The van der Waals surface area contributed by atoms with E-state index in [0.717, 1.165) is 10.0 Å². The third-order valence-electron chi connectivity index (χ3n) is 1.66. The van der Waals surface area contributed by atoms with E-state index in [1.807, 2.05) is 24.3 Å². The van der Waals surface area contributed by atoms with Crippen molar-refractivity contribution in [2.75, 3.05) is 7.11 Å². The minimum absolute atomic E-state index is 0.669. The molecule has 0 aromatic heterocycles. The van der Waals surface area contributed by atoms with Crippen LogP contribution in [0.15, 0.2) is 34.8 Å². The lowest BCUT2D eigenvalue weighted by Crippen LogP contribution is -2.11. The van der Waals surface area contributed by atoms with Gasteiger partial charge < -0.3 is 4.74 Å². The molecule has 0 aliphatic carbocycles. The Kier molecular flexibility index (Phi) is 4.24. The molecule has 0 radical (unpaired) electrons. The van der Waals surface area contributed by atoms with Gasteiger partial charge in [-0.2, -0.15) is 0 Å². The molecule has 0 atom stereocenters. The number of carbonyl (C=O) groups excluding carboxylic acids is 2. The third kappa shape index (κ3) is 3.67. The second kappa shape index (κ2) is 5.46. The molecular weight excluding hydrogens is 260 g/mol. The molecule has 0 saturated heterocycles. The van der Waals surface area contributed by atoms with Gasteiger partial charge >= 0.3 is 5.97 Å². The van der Waals surface area contributed by atoms with Gasteiger partial charge in [-0.15, -0.1) is 0 Å². The van der Waals surface area contributed by atoms with Crippen LogP contribution in [0.25, 0.3) is 6.08 Å². The number of methoxy groups -OCH3 is 1. The van der Waals surface area contributed by atoms with Gasteiger partial charge in [0.05, 0.1) is 7.11 Å². The highest BCUT2D eigenvalue weighted by Crippen LogP contribution is 2.12. The quantitative estimate of drug-likeness (QED) is 0.480. The highest BCUT2D eigenvalue weighted by Gasteiger charge is 2.08. The van der Waals surface area contributed by atoms with Gasteiger partial charge in [0.1, 0.15) is 0 Å². The maximum atomic E-state index is 11.1. The predicted octanol–water partition coefficient (Wildman–Crippen LogP) is 2.20. The molecule has 15 heavy (non-hydrogen) atoms. The SMILES string of the molecule is COC(=O)C(=O)C=Cc1cccc(Br)c1. The molecular formula is C11H9BrO3. The van der Waals surface area contributed by atoms with E-state index in [2.05, 4.69) is 20.7 Å². The summed E-state index contributed by atoms with van der Waals surface area (Å²) in [6, 6.07) is 7.37. The zero-order valence-corrected chi connectivity index (χ0v) is 9.65. The predicted molar refractivity (Wildman–Crippen MR) is 60.2 cm³/mol. The number of halogens is 1. The van der Waals surface area contributed by atoms with E-state index < -0.39 is 11.8 Å². The Hall–Kier alpha value is -1.42. The van der Waals surface area contributed by atoms with E-state index >= 15 is 0 Å². The van der Waals surface area contributed by atoms with Crippen molar-refractivity contribution in [3.05, 3.63) is 40.4 Å². The van der Waals surface area contributed by atoms with E-state index in [1.165, 1.54) is 13.2 Å². The van der Waals surface area contributed by atoms with Crippen LogP contribution >= 0.6 is 15.9 Å². The first-order chi connectivity index (χ1) is 7.13. The van der Waals surface area contributed by atoms with Crippen LogP contribution in [-0.4, -0.2) is 18.9 Å². The molecule has 0 N–H and O–H groups in total. The van der Waals surface area contributed by atoms with Crippen molar-refractivity contribution in [2.24, 2.45) is 0 Å². The van der Waals surface area contributed by atoms with Gasteiger partial charge in [0.2, 0.25) is 0 Å². The smallest absolute Gasteiger partial charge is 0.378 e. The third-order valence-corrected chi connectivity index (χ3v) is 2.16. The van der Waals surface area contributed by atoms with Crippen molar-refractivity contribution < 1.29 is 14.3 Å². The van der Waals surface area contributed by atoms with E-state index in [0.29, 0.717) is 0 Å². The first kappa shape index (κ1) is 11.7. The Labute approximate surface area is 95.9 Å². The van der Waals surface area contributed by atoms with E-state index in [1.54, 1.807) is 6.08 Å². The van der Waals surface area contributed by atoms with E-state index in [-0.39, 0.29) is 0 Å². The summed E-state index contributed by atoms with van der Waals surface area (Å²) in [6.45, 7) is 0. The Morgan fingerprint density at radius 1 is 1.40 bits per heavy atom. The van der Waals surface area contributed by atoms with Crippen molar-refractivity contribution in [3.8, 4) is 0 Å². The minimum atomic E-state index is -0.860. The maximum absolute atomic E-state index is 11.1. The van der Waals surface area contributed by atoms with E-state index in [9.17, 15) is 9.59 Å². The van der Waals surface area contributed by atoms with Crippen molar-refractivity contribution >= 4 is 33.8 Å². The highest BCUT2D eigenvalue weighted by molar-refractivity contribution is 9.10.